The van der Waals surface area contributed by atoms with Gasteiger partial charge in [0, 0.05) is 16.8 Å². The Morgan fingerprint density at radius 2 is 2.14 bits per heavy atom. The van der Waals surface area contributed by atoms with Crippen molar-refractivity contribution in [2.45, 2.75) is 24.3 Å². The van der Waals surface area contributed by atoms with Gasteiger partial charge in [-0.3, -0.25) is 5.32 Å². The molecule has 0 radical (unpaired) electrons. The zero-order valence-electron chi connectivity index (χ0n) is 11.8. The first-order chi connectivity index (χ1) is 10.2. The number of nitrogens with zero attached hydrogens (tertiary/aromatic N) is 1. The van der Waals surface area contributed by atoms with E-state index >= 15 is 0 Å². The van der Waals surface area contributed by atoms with Crippen LogP contribution >= 0.6 is 11.8 Å². The highest BCUT2D eigenvalue weighted by Gasteiger charge is 2.22. The van der Waals surface area contributed by atoms with Crippen molar-refractivity contribution in [3.05, 3.63) is 53.7 Å². The number of hydrogen-bond donors (Lipinski definition) is 2. The van der Waals surface area contributed by atoms with Gasteiger partial charge in [0.2, 0.25) is 0 Å². The van der Waals surface area contributed by atoms with Crippen molar-refractivity contribution < 1.29 is 4.79 Å². The molecule has 0 spiro atoms. The number of benzene rings is 1. The van der Waals surface area contributed by atoms with Gasteiger partial charge in [-0.05, 0) is 36.6 Å². The average Bonchev–Trinajstić information content (AvgIpc) is 2.50. The molecule has 1 aliphatic rings. The highest BCUT2D eigenvalue weighted by Crippen LogP contribution is 2.35. The predicted molar refractivity (Wildman–Crippen MR) is 85.7 cm³/mol. The van der Waals surface area contributed by atoms with Gasteiger partial charge in [0.25, 0.3) is 0 Å². The summed E-state index contributed by atoms with van der Waals surface area (Å²) in [7, 11) is 0. The van der Waals surface area contributed by atoms with Crippen molar-refractivity contribution >= 4 is 23.6 Å². The second-order valence-electron chi connectivity index (χ2n) is 4.99. The first-order valence-electron chi connectivity index (χ1n) is 6.95. The summed E-state index contributed by atoms with van der Waals surface area (Å²) >= 11 is 1.84. The Labute approximate surface area is 128 Å². The lowest BCUT2D eigenvalue weighted by Crippen LogP contribution is -2.34. The molecule has 1 aromatic heterocycles. The number of anilines is 1. The first kappa shape index (κ1) is 13.9. The molecule has 1 aromatic carbocycles. The van der Waals surface area contributed by atoms with E-state index in [0.29, 0.717) is 5.82 Å². The molecule has 21 heavy (non-hydrogen) atoms. The highest BCUT2D eigenvalue weighted by atomic mass is 32.2. The van der Waals surface area contributed by atoms with E-state index in [2.05, 4.69) is 27.8 Å². The lowest BCUT2D eigenvalue weighted by atomic mass is 10.0. The lowest BCUT2D eigenvalue weighted by Gasteiger charge is -2.25. The molecule has 1 aliphatic heterocycles. The number of thioether (sulfide) groups is 1. The van der Waals surface area contributed by atoms with Gasteiger partial charge in [0.1, 0.15) is 5.82 Å². The summed E-state index contributed by atoms with van der Waals surface area (Å²) in [4.78, 5) is 17.6. The van der Waals surface area contributed by atoms with Gasteiger partial charge in [-0.2, -0.15) is 0 Å². The third kappa shape index (κ3) is 3.19. The molecule has 0 fully saturated rings. The van der Waals surface area contributed by atoms with Gasteiger partial charge in [-0.1, -0.05) is 24.3 Å². The lowest BCUT2D eigenvalue weighted by molar-refractivity contribution is 0.248. The van der Waals surface area contributed by atoms with Crippen molar-refractivity contribution in [2.75, 3.05) is 11.1 Å². The monoisotopic (exact) mass is 299 g/mol. The van der Waals surface area contributed by atoms with Crippen LogP contribution in [0.15, 0.2) is 47.5 Å². The first-order valence-corrected chi connectivity index (χ1v) is 7.93. The molecule has 2 heterocycles. The molecule has 1 atom stereocenters. The molecule has 2 N–H and O–H groups in total. The number of fused-ring (bicyclic) bond motifs is 1. The quantitative estimate of drug-likeness (QED) is 0.888. The number of carbonyl (C=O) groups excluding carboxylic acids is 1. The van der Waals surface area contributed by atoms with Crippen LogP contribution in [0.1, 0.15) is 23.6 Å². The topological polar surface area (TPSA) is 54.0 Å². The van der Waals surface area contributed by atoms with Gasteiger partial charge < -0.3 is 5.32 Å². The number of pyridine rings is 1. The number of aromatic nitrogens is 1. The molecule has 2 aromatic rings. The Balaban J connectivity index is 1.70. The number of aryl methyl sites for hydroxylation is 1. The van der Waals surface area contributed by atoms with Crippen molar-refractivity contribution in [1.29, 1.82) is 0 Å². The van der Waals surface area contributed by atoms with Crippen molar-refractivity contribution in [2.24, 2.45) is 0 Å². The largest absolute Gasteiger partial charge is 0.331 e. The van der Waals surface area contributed by atoms with E-state index in [-0.39, 0.29) is 12.1 Å². The van der Waals surface area contributed by atoms with Crippen LogP contribution in [0.25, 0.3) is 0 Å². The second kappa shape index (κ2) is 6.18. The molecule has 0 saturated carbocycles. The molecule has 4 nitrogen and oxygen atoms in total. The zero-order chi connectivity index (χ0) is 14.7. The third-order valence-corrected chi connectivity index (χ3v) is 4.63. The number of nitrogens with one attached hydrogen (secondary N) is 2. The van der Waals surface area contributed by atoms with Gasteiger partial charge in [-0.25, -0.2) is 9.78 Å². The molecule has 108 valence electrons. The Hall–Kier alpha value is -2.01. The van der Waals surface area contributed by atoms with Crippen LogP contribution in [-0.4, -0.2) is 16.8 Å². The highest BCUT2D eigenvalue weighted by molar-refractivity contribution is 7.99. The second-order valence-corrected chi connectivity index (χ2v) is 6.13. The van der Waals surface area contributed by atoms with E-state index in [1.807, 2.05) is 43.0 Å². The van der Waals surface area contributed by atoms with Crippen LogP contribution < -0.4 is 10.6 Å². The van der Waals surface area contributed by atoms with E-state index in [1.165, 1.54) is 10.5 Å². The van der Waals surface area contributed by atoms with E-state index in [4.69, 9.17) is 0 Å². The van der Waals surface area contributed by atoms with E-state index in [9.17, 15) is 4.79 Å². The molecule has 0 unspecified atom stereocenters. The van der Waals surface area contributed by atoms with Crippen LogP contribution in [0.5, 0.6) is 0 Å². The van der Waals surface area contributed by atoms with Crippen LogP contribution in [-0.2, 0) is 0 Å². The third-order valence-electron chi connectivity index (χ3n) is 3.51. The number of rotatable bonds is 2. The Bertz CT molecular complexity index is 659. The summed E-state index contributed by atoms with van der Waals surface area (Å²) in [5, 5.41) is 5.87. The minimum atomic E-state index is -0.205. The van der Waals surface area contributed by atoms with Gasteiger partial charge >= 0.3 is 6.03 Å². The number of urea groups is 1. The van der Waals surface area contributed by atoms with Crippen LogP contribution in [0.2, 0.25) is 0 Å². The van der Waals surface area contributed by atoms with Crippen molar-refractivity contribution in [3.63, 3.8) is 0 Å². The minimum absolute atomic E-state index is 0.0615. The normalized spacial score (nSPS) is 16.9. The van der Waals surface area contributed by atoms with E-state index in [0.717, 1.165) is 17.7 Å². The maximum absolute atomic E-state index is 12.2. The number of carbonyl (C=O) groups is 1. The Morgan fingerprint density at radius 3 is 3.00 bits per heavy atom. The SMILES string of the molecule is Cc1cccnc1NC(=O)N[C@H]1CCSc2ccccc21. The smallest absolute Gasteiger partial charge is 0.320 e. The van der Waals surface area contributed by atoms with Gasteiger partial charge in [-0.15, -0.1) is 11.8 Å². The summed E-state index contributed by atoms with van der Waals surface area (Å²) < 4.78 is 0. The van der Waals surface area contributed by atoms with Crippen molar-refractivity contribution in [1.82, 2.24) is 10.3 Å². The van der Waals surface area contributed by atoms with Gasteiger partial charge in [0.15, 0.2) is 0 Å². The number of amides is 2. The Kier molecular flexibility index (Phi) is 4.10. The predicted octanol–water partition coefficient (Wildman–Crippen LogP) is 3.75. The van der Waals surface area contributed by atoms with Crippen LogP contribution in [0.3, 0.4) is 0 Å². The molecule has 2 amide bonds. The molecular formula is C16H17N3OS. The fourth-order valence-electron chi connectivity index (χ4n) is 2.41. The zero-order valence-corrected chi connectivity index (χ0v) is 12.6. The Morgan fingerprint density at radius 1 is 1.29 bits per heavy atom. The molecule has 0 aliphatic carbocycles. The van der Waals surface area contributed by atoms with E-state index in [1.54, 1.807) is 6.20 Å². The summed E-state index contributed by atoms with van der Waals surface area (Å²) in [5.74, 6) is 1.62. The molecule has 0 bridgehead atoms. The summed E-state index contributed by atoms with van der Waals surface area (Å²) in [6.45, 7) is 1.93. The summed E-state index contributed by atoms with van der Waals surface area (Å²) in [6, 6.07) is 11.9. The molecule has 5 heteroatoms. The molecular weight excluding hydrogens is 282 g/mol. The number of hydrogen-bond acceptors (Lipinski definition) is 3. The minimum Gasteiger partial charge on any atom is -0.331 e. The van der Waals surface area contributed by atoms with Gasteiger partial charge in [0.05, 0.1) is 6.04 Å². The maximum atomic E-state index is 12.2. The fourth-order valence-corrected chi connectivity index (χ4v) is 3.54. The van der Waals surface area contributed by atoms with Crippen LogP contribution in [0, 0.1) is 6.92 Å². The fraction of sp³-hybridized carbons (Fsp3) is 0.250. The van der Waals surface area contributed by atoms with Crippen LogP contribution in [0.4, 0.5) is 10.6 Å². The average molecular weight is 299 g/mol. The summed E-state index contributed by atoms with van der Waals surface area (Å²) in [5.41, 5.74) is 2.15. The van der Waals surface area contributed by atoms with Crippen molar-refractivity contribution in [3.8, 4) is 0 Å². The summed E-state index contributed by atoms with van der Waals surface area (Å²) in [6.07, 6.45) is 2.62. The molecule has 3 rings (SSSR count). The standard InChI is InChI=1S/C16H17N3OS/c1-11-5-4-9-17-15(11)19-16(20)18-13-8-10-21-14-7-3-2-6-12(13)14/h2-7,9,13H,8,10H2,1H3,(H2,17,18,19,20)/t13-/m0/s1. The van der Waals surface area contributed by atoms with E-state index < -0.39 is 0 Å². The molecule has 0 saturated heterocycles. The maximum Gasteiger partial charge on any atom is 0.320 e.